The SMILES string of the molecule is Nc1nc(-c2ccc(Cl)cc2Cl)c2cc(C(=O)NCc3ccc(F)cc3)sc2n1. The molecule has 2 aromatic heterocycles. The van der Waals surface area contributed by atoms with Crippen LogP contribution >= 0.6 is 34.5 Å². The predicted molar refractivity (Wildman–Crippen MR) is 115 cm³/mol. The van der Waals surface area contributed by atoms with Crippen molar-refractivity contribution in [3.8, 4) is 11.3 Å². The van der Waals surface area contributed by atoms with Crippen LogP contribution in [0, 0.1) is 5.82 Å². The Hall–Kier alpha value is -2.74. The van der Waals surface area contributed by atoms with Crippen LogP contribution in [0.1, 0.15) is 15.2 Å². The number of halogens is 3. The van der Waals surface area contributed by atoms with Crippen LogP contribution in [0.4, 0.5) is 10.3 Å². The van der Waals surface area contributed by atoms with Crippen molar-refractivity contribution in [3.05, 3.63) is 74.8 Å². The first-order valence-electron chi connectivity index (χ1n) is 8.46. The molecule has 0 bridgehead atoms. The number of fused-ring (bicyclic) bond motifs is 1. The minimum atomic E-state index is -0.325. The van der Waals surface area contributed by atoms with Crippen LogP contribution in [0.25, 0.3) is 21.5 Å². The van der Waals surface area contributed by atoms with Gasteiger partial charge in [-0.15, -0.1) is 11.3 Å². The Morgan fingerprint density at radius 3 is 2.59 bits per heavy atom. The Bertz CT molecular complexity index is 1230. The summed E-state index contributed by atoms with van der Waals surface area (Å²) in [6, 6.07) is 12.7. The Balaban J connectivity index is 1.66. The summed E-state index contributed by atoms with van der Waals surface area (Å²) in [7, 11) is 0. The molecule has 0 saturated heterocycles. The number of anilines is 1. The summed E-state index contributed by atoms with van der Waals surface area (Å²) in [5.41, 5.74) is 7.82. The van der Waals surface area contributed by atoms with E-state index in [1.807, 2.05) is 0 Å². The topological polar surface area (TPSA) is 80.9 Å². The first-order valence-corrected chi connectivity index (χ1v) is 10.0. The maximum Gasteiger partial charge on any atom is 0.261 e. The van der Waals surface area contributed by atoms with E-state index in [1.54, 1.807) is 36.4 Å². The second kappa shape index (κ2) is 7.94. The van der Waals surface area contributed by atoms with Gasteiger partial charge in [-0.25, -0.2) is 14.4 Å². The molecule has 4 rings (SSSR count). The van der Waals surface area contributed by atoms with Gasteiger partial charge in [0.2, 0.25) is 5.95 Å². The normalized spacial score (nSPS) is 11.0. The molecule has 4 aromatic rings. The molecule has 0 saturated carbocycles. The lowest BCUT2D eigenvalue weighted by Gasteiger charge is -2.06. The maximum absolute atomic E-state index is 13.0. The first-order chi connectivity index (χ1) is 13.9. The van der Waals surface area contributed by atoms with Gasteiger partial charge in [0.15, 0.2) is 0 Å². The fourth-order valence-electron chi connectivity index (χ4n) is 2.81. The summed E-state index contributed by atoms with van der Waals surface area (Å²) in [6.07, 6.45) is 0. The second-order valence-corrected chi connectivity index (χ2v) is 8.07. The van der Waals surface area contributed by atoms with Gasteiger partial charge in [0.25, 0.3) is 5.91 Å². The van der Waals surface area contributed by atoms with Crippen LogP contribution in [0.5, 0.6) is 0 Å². The van der Waals surface area contributed by atoms with Crippen LogP contribution < -0.4 is 11.1 Å². The molecular formula is C20H13Cl2FN4OS. The van der Waals surface area contributed by atoms with E-state index in [0.717, 1.165) is 5.56 Å². The second-order valence-electron chi connectivity index (χ2n) is 6.19. The highest BCUT2D eigenvalue weighted by Gasteiger charge is 2.18. The lowest BCUT2D eigenvalue weighted by molar-refractivity contribution is 0.0955. The molecule has 0 radical (unpaired) electrons. The highest BCUT2D eigenvalue weighted by molar-refractivity contribution is 7.20. The number of amides is 1. The Morgan fingerprint density at radius 2 is 1.86 bits per heavy atom. The monoisotopic (exact) mass is 446 g/mol. The molecule has 29 heavy (non-hydrogen) atoms. The minimum Gasteiger partial charge on any atom is -0.368 e. The zero-order valence-electron chi connectivity index (χ0n) is 14.7. The van der Waals surface area contributed by atoms with E-state index in [1.165, 1.54) is 23.5 Å². The Labute approximate surface area is 179 Å². The molecular weight excluding hydrogens is 434 g/mol. The van der Waals surface area contributed by atoms with Gasteiger partial charge in [-0.05, 0) is 42.0 Å². The number of carbonyl (C=O) groups excluding carboxylic acids is 1. The van der Waals surface area contributed by atoms with Crippen LogP contribution in [0.2, 0.25) is 10.0 Å². The number of hydrogen-bond donors (Lipinski definition) is 2. The molecule has 0 aliphatic rings. The molecule has 5 nitrogen and oxygen atoms in total. The van der Waals surface area contributed by atoms with E-state index in [9.17, 15) is 9.18 Å². The quantitative estimate of drug-likeness (QED) is 0.444. The van der Waals surface area contributed by atoms with Crippen molar-refractivity contribution in [2.75, 3.05) is 5.73 Å². The van der Waals surface area contributed by atoms with Gasteiger partial charge in [-0.1, -0.05) is 35.3 Å². The van der Waals surface area contributed by atoms with E-state index in [2.05, 4.69) is 15.3 Å². The molecule has 0 fully saturated rings. The standard InChI is InChI=1S/C20H13Cl2FN4OS/c21-11-3-6-13(15(22)7-11)17-14-8-16(29-19(14)27-20(24)26-17)18(28)25-9-10-1-4-12(23)5-2-10/h1-8H,9H2,(H,25,28)(H2,24,26,27). The minimum absolute atomic E-state index is 0.0821. The van der Waals surface area contributed by atoms with Gasteiger partial charge in [0.1, 0.15) is 10.6 Å². The number of thiophene rings is 1. The van der Waals surface area contributed by atoms with Gasteiger partial charge in [-0.3, -0.25) is 4.79 Å². The number of nitrogen functional groups attached to an aromatic ring is 1. The van der Waals surface area contributed by atoms with E-state index < -0.39 is 0 Å². The Kier molecular flexibility index (Phi) is 5.36. The summed E-state index contributed by atoms with van der Waals surface area (Å²) in [5.74, 6) is -0.517. The van der Waals surface area contributed by atoms with E-state index in [0.29, 0.717) is 36.4 Å². The maximum atomic E-state index is 13.0. The molecule has 0 aliphatic heterocycles. The van der Waals surface area contributed by atoms with Crippen LogP contribution in [-0.4, -0.2) is 15.9 Å². The molecule has 2 heterocycles. The van der Waals surface area contributed by atoms with Crippen molar-refractivity contribution >= 4 is 56.6 Å². The summed E-state index contributed by atoms with van der Waals surface area (Å²) in [5, 5.41) is 4.41. The van der Waals surface area contributed by atoms with Gasteiger partial charge in [0, 0.05) is 22.5 Å². The van der Waals surface area contributed by atoms with Gasteiger partial charge < -0.3 is 11.1 Å². The summed E-state index contributed by atoms with van der Waals surface area (Å²) >= 11 is 13.5. The molecule has 9 heteroatoms. The number of carbonyl (C=O) groups is 1. The van der Waals surface area contributed by atoms with Crippen molar-refractivity contribution < 1.29 is 9.18 Å². The van der Waals surface area contributed by atoms with E-state index >= 15 is 0 Å². The highest BCUT2D eigenvalue weighted by atomic mass is 35.5. The zero-order valence-corrected chi connectivity index (χ0v) is 17.1. The van der Waals surface area contributed by atoms with E-state index in [4.69, 9.17) is 28.9 Å². The molecule has 146 valence electrons. The predicted octanol–water partition coefficient (Wildman–Crippen LogP) is 5.32. The third kappa shape index (κ3) is 4.17. The van der Waals surface area contributed by atoms with Gasteiger partial charge >= 0.3 is 0 Å². The zero-order chi connectivity index (χ0) is 20.5. The average molecular weight is 447 g/mol. The highest BCUT2D eigenvalue weighted by Crippen LogP contribution is 2.36. The van der Waals surface area contributed by atoms with Crippen molar-refractivity contribution in [1.29, 1.82) is 0 Å². The fraction of sp³-hybridized carbons (Fsp3) is 0.0500. The number of nitrogens with two attached hydrogens (primary N) is 1. The van der Waals surface area contributed by atoms with Gasteiger partial charge in [0.05, 0.1) is 15.6 Å². The van der Waals surface area contributed by atoms with E-state index in [-0.39, 0.29) is 24.2 Å². The summed E-state index contributed by atoms with van der Waals surface area (Å²) in [6.45, 7) is 0.275. The smallest absolute Gasteiger partial charge is 0.261 e. The fourth-order valence-corrected chi connectivity index (χ4v) is 4.26. The molecule has 3 N–H and O–H groups in total. The number of hydrogen-bond acceptors (Lipinski definition) is 5. The average Bonchev–Trinajstić information content (AvgIpc) is 3.11. The molecule has 0 aliphatic carbocycles. The number of benzene rings is 2. The van der Waals surface area contributed by atoms with Crippen LogP contribution in [0.3, 0.4) is 0 Å². The van der Waals surface area contributed by atoms with Crippen LogP contribution in [-0.2, 0) is 6.54 Å². The van der Waals surface area contributed by atoms with Crippen molar-refractivity contribution in [2.24, 2.45) is 0 Å². The lowest BCUT2D eigenvalue weighted by atomic mass is 10.1. The summed E-state index contributed by atoms with van der Waals surface area (Å²) < 4.78 is 13.0. The number of nitrogens with zero attached hydrogens (tertiary/aromatic N) is 2. The van der Waals surface area contributed by atoms with Crippen molar-refractivity contribution in [1.82, 2.24) is 15.3 Å². The first kappa shape index (κ1) is 19.6. The molecule has 0 atom stereocenters. The van der Waals surface area contributed by atoms with Gasteiger partial charge in [-0.2, -0.15) is 0 Å². The third-order valence-electron chi connectivity index (χ3n) is 4.19. The molecule has 2 aromatic carbocycles. The van der Waals surface area contributed by atoms with Crippen LogP contribution in [0.15, 0.2) is 48.5 Å². The third-order valence-corrected chi connectivity index (χ3v) is 5.76. The largest absolute Gasteiger partial charge is 0.368 e. The Morgan fingerprint density at radius 1 is 1.10 bits per heavy atom. The number of rotatable bonds is 4. The molecule has 0 spiro atoms. The van der Waals surface area contributed by atoms with Crippen molar-refractivity contribution in [3.63, 3.8) is 0 Å². The lowest BCUT2D eigenvalue weighted by Crippen LogP contribution is -2.21. The molecule has 0 unspecified atom stereocenters. The number of nitrogens with one attached hydrogen (secondary N) is 1. The van der Waals surface area contributed by atoms with Crippen molar-refractivity contribution in [2.45, 2.75) is 6.54 Å². The number of aromatic nitrogens is 2. The molecule has 1 amide bonds. The summed E-state index contributed by atoms with van der Waals surface area (Å²) in [4.78, 5) is 22.2.